The zero-order valence-electron chi connectivity index (χ0n) is 27.7. The van der Waals surface area contributed by atoms with Crippen LogP contribution in [0.1, 0.15) is 63.8 Å². The number of pyridine rings is 2. The molecule has 1 radical (unpaired) electrons. The number of hydrogen-bond donors (Lipinski definition) is 0. The molecular formula is C41H38IrN4O-2. The maximum absolute atomic E-state index is 6.04. The van der Waals surface area contributed by atoms with E-state index in [4.69, 9.17) is 9.40 Å². The van der Waals surface area contributed by atoms with E-state index in [0.717, 1.165) is 63.2 Å². The summed E-state index contributed by atoms with van der Waals surface area (Å²) in [5.41, 5.74) is 11.9. The van der Waals surface area contributed by atoms with Gasteiger partial charge in [0, 0.05) is 43.9 Å². The zero-order chi connectivity index (χ0) is 32.0. The van der Waals surface area contributed by atoms with Crippen LogP contribution < -0.4 is 0 Å². The number of nitrogens with zero attached hydrogens (tertiary/aromatic N) is 4. The van der Waals surface area contributed by atoms with Crippen molar-refractivity contribution in [3.8, 4) is 22.6 Å². The van der Waals surface area contributed by atoms with Crippen molar-refractivity contribution in [3.05, 3.63) is 120 Å². The van der Waals surface area contributed by atoms with Gasteiger partial charge in [-0.25, -0.2) is 4.98 Å². The van der Waals surface area contributed by atoms with Crippen LogP contribution in [0.5, 0.6) is 0 Å². The topological polar surface area (TPSA) is 56.7 Å². The summed E-state index contributed by atoms with van der Waals surface area (Å²) in [5.74, 6) is 1.48. The van der Waals surface area contributed by atoms with E-state index in [1.165, 1.54) is 22.2 Å². The van der Waals surface area contributed by atoms with Crippen molar-refractivity contribution < 1.29 is 24.5 Å². The van der Waals surface area contributed by atoms with E-state index >= 15 is 0 Å². The molecule has 0 saturated heterocycles. The van der Waals surface area contributed by atoms with Crippen LogP contribution in [0.4, 0.5) is 0 Å². The number of rotatable bonds is 4. The molecule has 6 heteroatoms. The minimum atomic E-state index is 0. The molecule has 0 amide bonds. The Hall–Kier alpha value is -4.38. The van der Waals surface area contributed by atoms with Crippen LogP contribution >= 0.6 is 0 Å². The largest absolute Gasteiger partial charge is 0.486 e. The van der Waals surface area contributed by atoms with Crippen LogP contribution in [0.25, 0.3) is 61.8 Å². The van der Waals surface area contributed by atoms with Gasteiger partial charge in [0.05, 0.1) is 22.4 Å². The molecule has 239 valence electrons. The summed E-state index contributed by atoms with van der Waals surface area (Å²) in [6.07, 6.45) is 5.30. The van der Waals surface area contributed by atoms with Gasteiger partial charge in [-0.2, -0.15) is 0 Å². The predicted octanol–water partition coefficient (Wildman–Crippen LogP) is 10.6. The first-order chi connectivity index (χ1) is 22.1. The van der Waals surface area contributed by atoms with Crippen LogP contribution in [0.2, 0.25) is 0 Å². The van der Waals surface area contributed by atoms with Crippen molar-refractivity contribution in [1.82, 2.24) is 19.5 Å². The van der Waals surface area contributed by atoms with Gasteiger partial charge in [0.2, 0.25) is 5.71 Å². The first kappa shape index (κ1) is 32.6. The molecule has 4 aromatic heterocycles. The molecule has 0 bridgehead atoms. The summed E-state index contributed by atoms with van der Waals surface area (Å²) >= 11 is 0. The minimum absolute atomic E-state index is 0. The second-order valence-corrected chi connectivity index (χ2v) is 13.7. The molecule has 0 unspecified atom stereocenters. The van der Waals surface area contributed by atoms with Gasteiger partial charge in [-0.05, 0) is 60.2 Å². The van der Waals surface area contributed by atoms with Gasteiger partial charge in [-0.1, -0.05) is 81.0 Å². The van der Waals surface area contributed by atoms with E-state index in [-0.39, 0.29) is 25.5 Å². The summed E-state index contributed by atoms with van der Waals surface area (Å²) in [7, 11) is 0. The van der Waals surface area contributed by atoms with Crippen LogP contribution in [-0.4, -0.2) is 19.5 Å². The van der Waals surface area contributed by atoms with E-state index < -0.39 is 0 Å². The molecule has 8 rings (SSSR count). The predicted molar refractivity (Wildman–Crippen MR) is 188 cm³/mol. The van der Waals surface area contributed by atoms with Gasteiger partial charge >= 0.3 is 0 Å². The van der Waals surface area contributed by atoms with E-state index in [9.17, 15) is 0 Å². The van der Waals surface area contributed by atoms with Crippen molar-refractivity contribution in [2.24, 2.45) is 5.41 Å². The Labute approximate surface area is 290 Å². The fraction of sp³-hybridized carbons (Fsp3) is 0.244. The molecule has 0 saturated carbocycles. The van der Waals surface area contributed by atoms with Gasteiger partial charge in [-0.15, -0.1) is 54.1 Å². The first-order valence-electron chi connectivity index (χ1n) is 16.0. The molecule has 0 N–H and O–H groups in total. The molecule has 1 aliphatic rings. The molecule has 3 aromatic carbocycles. The van der Waals surface area contributed by atoms with Gasteiger partial charge in [0.15, 0.2) is 0 Å². The average molecular weight is 795 g/mol. The second kappa shape index (κ2) is 13.0. The zero-order valence-corrected chi connectivity index (χ0v) is 30.1. The Kier molecular flexibility index (Phi) is 9.02. The van der Waals surface area contributed by atoms with Gasteiger partial charge in [0.1, 0.15) is 0 Å². The Balaban J connectivity index is 0.000000161. The van der Waals surface area contributed by atoms with Crippen molar-refractivity contribution in [2.75, 3.05) is 0 Å². The second-order valence-electron chi connectivity index (χ2n) is 13.7. The molecule has 1 aliphatic heterocycles. The van der Waals surface area contributed by atoms with Crippen molar-refractivity contribution in [3.63, 3.8) is 0 Å². The van der Waals surface area contributed by atoms with Crippen molar-refractivity contribution >= 4 is 39.2 Å². The minimum Gasteiger partial charge on any atom is -0.486 e. The number of benzene rings is 3. The molecule has 0 atom stereocenters. The molecule has 47 heavy (non-hydrogen) atoms. The molecule has 5 nitrogen and oxygen atoms in total. The summed E-state index contributed by atoms with van der Waals surface area (Å²) in [5, 5.41) is 2.08. The summed E-state index contributed by atoms with van der Waals surface area (Å²) in [4.78, 5) is 13.9. The SMILES string of the molecule is CC(C)(C)CC1=Cc2cccc3nc(-c4[c-]cccc4)n(c23)C1.Cc1ccc2c(n1)oc1c(-c3cc(C(C)C)ccn3)[c-]ccc12.[Ir]. The van der Waals surface area contributed by atoms with Gasteiger partial charge in [0.25, 0.3) is 0 Å². The van der Waals surface area contributed by atoms with Crippen LogP contribution in [-0.2, 0) is 26.7 Å². The van der Waals surface area contributed by atoms with Crippen molar-refractivity contribution in [2.45, 2.75) is 60.4 Å². The number of hydrogen-bond acceptors (Lipinski definition) is 4. The standard InChI is InChI=1S/C21H21N2.C20H17N2O.Ir/c1-21(2,3)13-15-12-17-10-7-11-18-19(17)23(14-15)20(22-18)16-8-5-4-6-9-16;1-12(2)14-9-10-21-18(11-14)17-6-4-5-15-16-8-7-13(3)22-20(16)23-19(15)17;/h4-8,10-12H,13-14H2,1-3H3;4-5,7-12H,1-3H3;/q2*-1;. The quantitative estimate of drug-likeness (QED) is 0.167. The third-order valence-corrected chi connectivity index (χ3v) is 8.37. The van der Waals surface area contributed by atoms with Gasteiger partial charge in [-0.3, -0.25) is 4.98 Å². The van der Waals surface area contributed by atoms with Gasteiger partial charge < -0.3 is 14.0 Å². The number of imidazole rings is 1. The number of furan rings is 1. The smallest absolute Gasteiger partial charge is 0.216 e. The van der Waals surface area contributed by atoms with Crippen LogP contribution in [0.3, 0.4) is 0 Å². The number of fused-ring (bicyclic) bond motifs is 3. The van der Waals surface area contributed by atoms with E-state index in [2.05, 4.69) is 110 Å². The third kappa shape index (κ3) is 6.58. The average Bonchev–Trinajstić information content (AvgIpc) is 3.60. The Morgan fingerprint density at radius 2 is 1.77 bits per heavy atom. The van der Waals surface area contributed by atoms with Crippen molar-refractivity contribution in [1.29, 1.82) is 0 Å². The van der Waals surface area contributed by atoms with Crippen LogP contribution in [0.15, 0.2) is 95.0 Å². The summed E-state index contributed by atoms with van der Waals surface area (Å²) in [6, 6.07) is 33.3. The summed E-state index contributed by atoms with van der Waals surface area (Å²) in [6.45, 7) is 14.1. The first-order valence-corrected chi connectivity index (χ1v) is 16.0. The number of allylic oxidation sites excluding steroid dienone is 1. The van der Waals surface area contributed by atoms with E-state index in [1.807, 2.05) is 49.5 Å². The fourth-order valence-corrected chi connectivity index (χ4v) is 6.33. The van der Waals surface area contributed by atoms with Crippen LogP contribution in [0, 0.1) is 24.5 Å². The molecule has 0 spiro atoms. The molecular weight excluding hydrogens is 757 g/mol. The number of para-hydroxylation sites is 1. The molecule has 7 aromatic rings. The molecule has 5 heterocycles. The van der Waals surface area contributed by atoms with E-state index in [0.29, 0.717) is 11.6 Å². The molecule has 0 fully saturated rings. The molecule has 0 aliphatic carbocycles. The summed E-state index contributed by atoms with van der Waals surface area (Å²) < 4.78 is 8.40. The normalized spacial score (nSPS) is 12.6. The monoisotopic (exact) mass is 795 g/mol. The number of aromatic nitrogens is 4. The maximum Gasteiger partial charge on any atom is 0.216 e. The Bertz CT molecular complexity index is 2240. The number of aryl methyl sites for hydroxylation is 1. The Morgan fingerprint density at radius 3 is 2.53 bits per heavy atom. The van der Waals surface area contributed by atoms with E-state index in [1.54, 1.807) is 0 Å². The third-order valence-electron chi connectivity index (χ3n) is 8.37. The fourth-order valence-electron chi connectivity index (χ4n) is 6.33. The Morgan fingerprint density at radius 1 is 0.915 bits per heavy atom. The maximum atomic E-state index is 6.04.